The largest absolute Gasteiger partial charge is 0.416 e. The van der Waals surface area contributed by atoms with Crippen molar-refractivity contribution in [3.8, 4) is 0 Å². The van der Waals surface area contributed by atoms with Crippen LogP contribution in [-0.4, -0.2) is 42.2 Å². The van der Waals surface area contributed by atoms with Crippen molar-refractivity contribution in [1.82, 2.24) is 10.3 Å². The number of piperidine rings is 1. The smallest absolute Gasteiger partial charge is 0.370 e. The third kappa shape index (κ3) is 3.90. The third-order valence-corrected chi connectivity index (χ3v) is 7.89. The van der Waals surface area contributed by atoms with Crippen LogP contribution in [0.1, 0.15) is 37.7 Å². The van der Waals surface area contributed by atoms with E-state index >= 15 is 0 Å². The van der Waals surface area contributed by atoms with Gasteiger partial charge in [0.05, 0.1) is 5.56 Å². The van der Waals surface area contributed by atoms with E-state index in [4.69, 9.17) is 4.98 Å². The topological polar surface area (TPSA) is 31.4 Å². The predicted octanol–water partition coefficient (Wildman–Crippen LogP) is 5.62. The minimum Gasteiger partial charge on any atom is -0.370 e. The van der Waals surface area contributed by atoms with E-state index in [1.54, 1.807) is 12.1 Å². The van der Waals surface area contributed by atoms with E-state index in [0.717, 1.165) is 49.2 Å². The second-order valence-corrected chi connectivity index (χ2v) is 9.88. The molecule has 3 fully saturated rings. The van der Waals surface area contributed by atoms with Crippen LogP contribution >= 0.6 is 0 Å². The van der Waals surface area contributed by atoms with E-state index < -0.39 is 11.7 Å². The molecule has 4 nitrogen and oxygen atoms in total. The van der Waals surface area contributed by atoms with Gasteiger partial charge in [0.25, 0.3) is 0 Å². The second kappa shape index (κ2) is 8.45. The van der Waals surface area contributed by atoms with Crippen LogP contribution in [0.25, 0.3) is 10.8 Å². The Labute approximate surface area is 197 Å². The van der Waals surface area contributed by atoms with Crippen LogP contribution in [0, 0.1) is 0 Å². The molecule has 1 aliphatic carbocycles. The molecular formula is C27H29F3N4. The van der Waals surface area contributed by atoms with Gasteiger partial charge in [-0.05, 0) is 55.0 Å². The zero-order chi connectivity index (χ0) is 23.3. The van der Waals surface area contributed by atoms with E-state index in [1.165, 1.54) is 30.4 Å². The Hall–Kier alpha value is -2.80. The fourth-order valence-electron chi connectivity index (χ4n) is 6.24. The minimum atomic E-state index is -4.31. The summed E-state index contributed by atoms with van der Waals surface area (Å²) in [6.45, 7) is 1.60. The summed E-state index contributed by atoms with van der Waals surface area (Å²) in [5, 5.41) is 6.29. The normalized spacial score (nSPS) is 27.4. The first-order valence-electron chi connectivity index (χ1n) is 12.3. The number of aromatic nitrogens is 1. The first kappa shape index (κ1) is 21.7. The van der Waals surface area contributed by atoms with E-state index in [1.807, 2.05) is 12.3 Å². The number of hydrogen-bond acceptors (Lipinski definition) is 4. The summed E-state index contributed by atoms with van der Waals surface area (Å²) in [5.41, 5.74) is 0.259. The molecule has 1 saturated carbocycles. The van der Waals surface area contributed by atoms with Gasteiger partial charge in [0.2, 0.25) is 0 Å². The lowest BCUT2D eigenvalue weighted by Gasteiger charge is -2.56. The van der Waals surface area contributed by atoms with Gasteiger partial charge in [-0.1, -0.05) is 37.1 Å². The highest BCUT2D eigenvalue weighted by atomic mass is 19.4. The van der Waals surface area contributed by atoms with E-state index in [-0.39, 0.29) is 6.04 Å². The molecule has 0 amide bonds. The number of nitrogens with zero attached hydrogens (tertiary/aromatic N) is 3. The molecule has 1 N–H and O–H groups in total. The molecule has 2 unspecified atom stereocenters. The van der Waals surface area contributed by atoms with Crippen molar-refractivity contribution in [3.05, 3.63) is 66.4 Å². The van der Waals surface area contributed by atoms with Crippen molar-refractivity contribution in [2.24, 2.45) is 0 Å². The summed E-state index contributed by atoms with van der Waals surface area (Å²) in [4.78, 5) is 9.71. The Bertz CT molecular complexity index is 1160. The Morgan fingerprint density at radius 3 is 2.38 bits per heavy atom. The number of anilines is 2. The van der Waals surface area contributed by atoms with Gasteiger partial charge in [-0.15, -0.1) is 0 Å². The maximum Gasteiger partial charge on any atom is 0.416 e. The average Bonchev–Trinajstić information content (AvgIpc) is 2.86. The van der Waals surface area contributed by atoms with Crippen LogP contribution in [-0.2, 0) is 6.18 Å². The maximum absolute atomic E-state index is 13.0. The van der Waals surface area contributed by atoms with Crippen molar-refractivity contribution in [3.63, 3.8) is 0 Å². The number of piperazine rings is 1. The van der Waals surface area contributed by atoms with Crippen molar-refractivity contribution < 1.29 is 13.2 Å². The zero-order valence-electron chi connectivity index (χ0n) is 19.0. The lowest BCUT2D eigenvalue weighted by Crippen LogP contribution is -2.72. The van der Waals surface area contributed by atoms with Crippen LogP contribution in [0.15, 0.2) is 60.8 Å². The molecule has 0 bridgehead atoms. The molecule has 6 rings (SSSR count). The molecule has 178 valence electrons. The van der Waals surface area contributed by atoms with Crippen molar-refractivity contribution in [1.29, 1.82) is 0 Å². The molecule has 0 spiro atoms. The minimum absolute atomic E-state index is 0.240. The summed E-state index contributed by atoms with van der Waals surface area (Å²) < 4.78 is 39.0. The predicted molar refractivity (Wildman–Crippen MR) is 129 cm³/mol. The van der Waals surface area contributed by atoms with Gasteiger partial charge in [-0.25, -0.2) is 4.98 Å². The highest BCUT2D eigenvalue weighted by Gasteiger charge is 2.46. The Kier molecular flexibility index (Phi) is 5.40. The van der Waals surface area contributed by atoms with E-state index in [9.17, 15) is 13.2 Å². The molecule has 2 aromatic carbocycles. The van der Waals surface area contributed by atoms with Crippen LogP contribution in [0.5, 0.6) is 0 Å². The number of halogens is 3. The van der Waals surface area contributed by atoms with Gasteiger partial charge in [0, 0.05) is 54.5 Å². The quantitative estimate of drug-likeness (QED) is 0.531. The molecule has 0 radical (unpaired) electrons. The monoisotopic (exact) mass is 466 g/mol. The molecule has 3 heterocycles. The number of hydrogen-bond donors (Lipinski definition) is 1. The number of rotatable bonds is 2. The summed E-state index contributed by atoms with van der Waals surface area (Å²) in [6.07, 6.45) is 3.40. The Balaban J connectivity index is 1.29. The molecule has 3 aromatic rings. The molecule has 2 saturated heterocycles. The summed E-state index contributed by atoms with van der Waals surface area (Å²) in [7, 11) is 0. The SMILES string of the molecule is FC(F)(F)c1ccc(N2CCC3C(C2)N[C@@H]2CCCC[C@H]2N3c2cc3ccccc3cn2)cc1. The van der Waals surface area contributed by atoms with Crippen LogP contribution in [0.4, 0.5) is 24.7 Å². The number of pyridine rings is 1. The van der Waals surface area contributed by atoms with Crippen molar-refractivity contribution >= 4 is 22.3 Å². The summed E-state index contributed by atoms with van der Waals surface area (Å²) in [6, 6.07) is 17.6. The maximum atomic E-state index is 13.0. The van der Waals surface area contributed by atoms with Gasteiger partial charge in [-0.2, -0.15) is 13.2 Å². The Morgan fingerprint density at radius 1 is 0.853 bits per heavy atom. The summed E-state index contributed by atoms with van der Waals surface area (Å²) >= 11 is 0. The molecule has 7 heteroatoms. The van der Waals surface area contributed by atoms with E-state index in [2.05, 4.69) is 39.4 Å². The van der Waals surface area contributed by atoms with E-state index in [0.29, 0.717) is 18.1 Å². The van der Waals surface area contributed by atoms with Gasteiger partial charge >= 0.3 is 6.18 Å². The first-order chi connectivity index (χ1) is 16.5. The van der Waals surface area contributed by atoms with Crippen LogP contribution in [0.3, 0.4) is 0 Å². The number of benzene rings is 2. The molecule has 2 aliphatic heterocycles. The van der Waals surface area contributed by atoms with Crippen LogP contribution < -0.4 is 15.1 Å². The molecule has 1 aromatic heterocycles. The number of alkyl halides is 3. The molecule has 34 heavy (non-hydrogen) atoms. The molecular weight excluding hydrogens is 437 g/mol. The third-order valence-electron chi connectivity index (χ3n) is 7.89. The van der Waals surface area contributed by atoms with Gasteiger partial charge in [0.15, 0.2) is 0 Å². The molecule has 4 atom stereocenters. The lowest BCUT2D eigenvalue weighted by atomic mass is 9.81. The number of nitrogens with one attached hydrogen (secondary N) is 1. The van der Waals surface area contributed by atoms with Gasteiger partial charge in [0.1, 0.15) is 5.82 Å². The summed E-state index contributed by atoms with van der Waals surface area (Å²) in [5.74, 6) is 1.05. The fraction of sp³-hybridized carbons (Fsp3) is 0.444. The second-order valence-electron chi connectivity index (χ2n) is 9.88. The molecule has 3 aliphatic rings. The Morgan fingerprint density at radius 2 is 1.59 bits per heavy atom. The fourth-order valence-corrected chi connectivity index (χ4v) is 6.24. The van der Waals surface area contributed by atoms with Gasteiger partial charge < -0.3 is 15.1 Å². The van der Waals surface area contributed by atoms with Crippen molar-refractivity contribution in [2.75, 3.05) is 22.9 Å². The van der Waals surface area contributed by atoms with Crippen LogP contribution in [0.2, 0.25) is 0 Å². The highest BCUT2D eigenvalue weighted by molar-refractivity contribution is 5.84. The van der Waals surface area contributed by atoms with Crippen molar-refractivity contribution in [2.45, 2.75) is 62.4 Å². The number of fused-ring (bicyclic) bond motifs is 3. The highest BCUT2D eigenvalue weighted by Crippen LogP contribution is 2.38. The average molecular weight is 467 g/mol. The lowest BCUT2D eigenvalue weighted by molar-refractivity contribution is -0.137. The zero-order valence-corrected chi connectivity index (χ0v) is 19.0. The van der Waals surface area contributed by atoms with Gasteiger partial charge in [-0.3, -0.25) is 0 Å². The standard InChI is InChI=1S/C27H29F3N4/c28-27(29,30)20-9-11-21(12-10-20)33-14-13-25-23(17-33)32-22-7-3-4-8-24(22)34(25)26-15-18-5-1-2-6-19(18)16-31-26/h1-2,5-6,9-12,15-16,22-25,32H,3-4,7-8,13-14,17H2/t22-,23?,24-,25?/m1/s1. The first-order valence-corrected chi connectivity index (χ1v) is 12.3.